The highest BCUT2D eigenvalue weighted by Gasteiger charge is 2.16. The van der Waals surface area contributed by atoms with Gasteiger partial charge in [-0.15, -0.1) is 22.9 Å². The van der Waals surface area contributed by atoms with Crippen molar-refractivity contribution in [3.8, 4) is 0 Å². The van der Waals surface area contributed by atoms with Crippen molar-refractivity contribution in [1.29, 1.82) is 0 Å². The number of benzene rings is 1. The zero-order valence-corrected chi connectivity index (χ0v) is 13.2. The molecule has 0 fully saturated rings. The lowest BCUT2D eigenvalue weighted by Crippen LogP contribution is -1.95. The summed E-state index contributed by atoms with van der Waals surface area (Å²) in [4.78, 5) is 2.52. The third-order valence-electron chi connectivity index (χ3n) is 2.83. The fourth-order valence-corrected chi connectivity index (χ4v) is 3.59. The van der Waals surface area contributed by atoms with E-state index in [1.54, 1.807) is 11.3 Å². The second kappa shape index (κ2) is 5.13. The standard InChI is InChI=1S/C14H14BrClS/c1-8-7-12(15)9(2)6-11(8)14(16)13-5-4-10(3)17-13/h4-7,14H,1-3H3. The molecule has 1 aromatic heterocycles. The summed E-state index contributed by atoms with van der Waals surface area (Å²) in [6, 6.07) is 8.55. The zero-order valence-electron chi connectivity index (χ0n) is 10.1. The minimum absolute atomic E-state index is 0.0412. The van der Waals surface area contributed by atoms with Gasteiger partial charge >= 0.3 is 0 Å². The van der Waals surface area contributed by atoms with Crippen LogP contribution in [-0.4, -0.2) is 0 Å². The second-order valence-electron chi connectivity index (χ2n) is 4.27. The summed E-state index contributed by atoms with van der Waals surface area (Å²) in [7, 11) is 0. The predicted octanol–water partition coefficient (Wildman–Crippen LogP) is 5.76. The Morgan fingerprint density at radius 1 is 1.12 bits per heavy atom. The Kier molecular flexibility index (Phi) is 3.96. The lowest BCUT2D eigenvalue weighted by molar-refractivity contribution is 1.13. The Bertz CT molecular complexity index is 545. The van der Waals surface area contributed by atoms with Crippen molar-refractivity contribution in [3.63, 3.8) is 0 Å². The minimum Gasteiger partial charge on any atom is -0.144 e. The van der Waals surface area contributed by atoms with Gasteiger partial charge in [0, 0.05) is 14.2 Å². The van der Waals surface area contributed by atoms with E-state index < -0.39 is 0 Å². The first-order valence-electron chi connectivity index (χ1n) is 5.46. The van der Waals surface area contributed by atoms with Crippen LogP contribution in [0, 0.1) is 20.8 Å². The normalized spacial score (nSPS) is 12.8. The van der Waals surface area contributed by atoms with E-state index in [9.17, 15) is 0 Å². The van der Waals surface area contributed by atoms with Gasteiger partial charge in [-0.25, -0.2) is 0 Å². The topological polar surface area (TPSA) is 0 Å². The number of thiophene rings is 1. The van der Waals surface area contributed by atoms with Gasteiger partial charge in [0.1, 0.15) is 0 Å². The number of hydrogen-bond donors (Lipinski definition) is 0. The molecule has 0 radical (unpaired) electrons. The van der Waals surface area contributed by atoms with Gasteiger partial charge in [0.2, 0.25) is 0 Å². The van der Waals surface area contributed by atoms with Crippen LogP contribution in [0.4, 0.5) is 0 Å². The first-order valence-corrected chi connectivity index (χ1v) is 7.50. The minimum atomic E-state index is -0.0412. The second-order valence-corrected chi connectivity index (χ2v) is 6.88. The van der Waals surface area contributed by atoms with Crippen molar-refractivity contribution in [3.05, 3.63) is 55.2 Å². The molecule has 1 aromatic carbocycles. The molecule has 1 unspecified atom stereocenters. The van der Waals surface area contributed by atoms with Crippen LogP contribution in [0.15, 0.2) is 28.7 Å². The first-order chi connectivity index (χ1) is 7.99. The number of aryl methyl sites for hydroxylation is 3. The van der Waals surface area contributed by atoms with Gasteiger partial charge in [0.25, 0.3) is 0 Å². The van der Waals surface area contributed by atoms with Crippen molar-refractivity contribution in [2.75, 3.05) is 0 Å². The van der Waals surface area contributed by atoms with Crippen molar-refractivity contribution in [2.45, 2.75) is 26.1 Å². The van der Waals surface area contributed by atoms with Gasteiger partial charge in [-0.1, -0.05) is 22.0 Å². The van der Waals surface area contributed by atoms with Crippen LogP contribution in [0.25, 0.3) is 0 Å². The van der Waals surface area contributed by atoms with E-state index in [-0.39, 0.29) is 5.38 Å². The lowest BCUT2D eigenvalue weighted by atomic mass is 10.0. The average molecular weight is 330 g/mol. The fraction of sp³-hybridized carbons (Fsp3) is 0.286. The highest BCUT2D eigenvalue weighted by molar-refractivity contribution is 9.10. The van der Waals surface area contributed by atoms with E-state index in [2.05, 4.69) is 61.0 Å². The molecule has 0 aliphatic heterocycles. The molecule has 0 nitrogen and oxygen atoms in total. The maximum Gasteiger partial charge on any atom is 0.0930 e. The number of rotatable bonds is 2. The summed E-state index contributed by atoms with van der Waals surface area (Å²) in [5, 5.41) is -0.0412. The summed E-state index contributed by atoms with van der Waals surface area (Å²) in [6.07, 6.45) is 0. The Labute approximate surface area is 120 Å². The Balaban J connectivity index is 2.43. The largest absolute Gasteiger partial charge is 0.144 e. The Morgan fingerprint density at radius 3 is 2.41 bits per heavy atom. The third-order valence-corrected chi connectivity index (χ3v) is 5.35. The number of halogens is 2. The van der Waals surface area contributed by atoms with Crippen LogP contribution in [-0.2, 0) is 0 Å². The number of hydrogen-bond acceptors (Lipinski definition) is 1. The maximum absolute atomic E-state index is 6.57. The SMILES string of the molecule is Cc1ccc(C(Cl)c2cc(C)c(Br)cc2C)s1. The van der Waals surface area contributed by atoms with Crippen molar-refractivity contribution >= 4 is 38.9 Å². The van der Waals surface area contributed by atoms with Gasteiger partial charge in [-0.05, 0) is 55.7 Å². The monoisotopic (exact) mass is 328 g/mol. The summed E-state index contributed by atoms with van der Waals surface area (Å²) >= 11 is 11.9. The molecule has 0 saturated heterocycles. The first kappa shape index (κ1) is 13.1. The number of alkyl halides is 1. The van der Waals surface area contributed by atoms with Crippen LogP contribution in [0.1, 0.15) is 31.8 Å². The zero-order chi connectivity index (χ0) is 12.6. The van der Waals surface area contributed by atoms with Crippen LogP contribution >= 0.6 is 38.9 Å². The van der Waals surface area contributed by atoms with E-state index in [4.69, 9.17) is 11.6 Å². The van der Waals surface area contributed by atoms with E-state index in [1.165, 1.54) is 26.4 Å². The molecule has 0 aliphatic carbocycles. The average Bonchev–Trinajstić information content (AvgIpc) is 2.69. The molecule has 2 aromatic rings. The molecule has 0 spiro atoms. The van der Waals surface area contributed by atoms with Gasteiger partial charge in [0.05, 0.1) is 5.38 Å². The molecule has 1 atom stereocenters. The summed E-state index contributed by atoms with van der Waals surface area (Å²) in [5.74, 6) is 0. The molecule has 0 aliphatic rings. The van der Waals surface area contributed by atoms with Gasteiger partial charge in [0.15, 0.2) is 0 Å². The van der Waals surface area contributed by atoms with Crippen molar-refractivity contribution < 1.29 is 0 Å². The van der Waals surface area contributed by atoms with E-state index in [0.717, 1.165) is 4.47 Å². The summed E-state index contributed by atoms with van der Waals surface area (Å²) in [5.41, 5.74) is 3.66. The van der Waals surface area contributed by atoms with E-state index in [0.29, 0.717) is 0 Å². The summed E-state index contributed by atoms with van der Waals surface area (Å²) < 4.78 is 1.14. The van der Waals surface area contributed by atoms with Gasteiger partial charge in [-0.2, -0.15) is 0 Å². The molecule has 0 N–H and O–H groups in total. The maximum atomic E-state index is 6.57. The van der Waals surface area contributed by atoms with Crippen LogP contribution in [0.3, 0.4) is 0 Å². The third kappa shape index (κ3) is 2.75. The molecular formula is C14H14BrClS. The highest BCUT2D eigenvalue weighted by atomic mass is 79.9. The van der Waals surface area contributed by atoms with Gasteiger partial charge < -0.3 is 0 Å². The van der Waals surface area contributed by atoms with Crippen LogP contribution in [0.5, 0.6) is 0 Å². The molecule has 0 amide bonds. The van der Waals surface area contributed by atoms with Gasteiger partial charge in [-0.3, -0.25) is 0 Å². The molecular weight excluding hydrogens is 316 g/mol. The molecule has 1 heterocycles. The summed E-state index contributed by atoms with van der Waals surface area (Å²) in [6.45, 7) is 6.31. The van der Waals surface area contributed by atoms with Crippen molar-refractivity contribution in [1.82, 2.24) is 0 Å². The smallest absolute Gasteiger partial charge is 0.0930 e. The predicted molar refractivity (Wildman–Crippen MR) is 80.4 cm³/mol. The lowest BCUT2D eigenvalue weighted by Gasteiger charge is -2.13. The van der Waals surface area contributed by atoms with Crippen molar-refractivity contribution in [2.24, 2.45) is 0 Å². The molecule has 0 saturated carbocycles. The van der Waals surface area contributed by atoms with E-state index in [1.807, 2.05) is 0 Å². The quantitative estimate of drug-likeness (QED) is 0.614. The molecule has 0 bridgehead atoms. The molecule has 2 rings (SSSR count). The Hall–Kier alpha value is -0.310. The molecule has 90 valence electrons. The van der Waals surface area contributed by atoms with Crippen LogP contribution in [0.2, 0.25) is 0 Å². The van der Waals surface area contributed by atoms with E-state index >= 15 is 0 Å². The fourth-order valence-electron chi connectivity index (χ4n) is 1.82. The van der Waals surface area contributed by atoms with Crippen LogP contribution < -0.4 is 0 Å². The molecule has 17 heavy (non-hydrogen) atoms. The highest BCUT2D eigenvalue weighted by Crippen LogP contribution is 2.36. The Morgan fingerprint density at radius 2 is 1.82 bits per heavy atom. The molecule has 3 heteroatoms.